The first-order chi connectivity index (χ1) is 17.5. The smallest absolute Gasteiger partial charge is 0.374 e. The number of fused-ring (bicyclic) bond motifs is 5. The predicted octanol–water partition coefficient (Wildman–Crippen LogP) is 5.76. The molecule has 200 valence electrons. The second kappa shape index (κ2) is 9.10. The van der Waals surface area contributed by atoms with E-state index in [9.17, 15) is 14.7 Å². The summed E-state index contributed by atoms with van der Waals surface area (Å²) in [6, 6.07) is 3.18. The zero-order chi connectivity index (χ0) is 26.8. The highest BCUT2D eigenvalue weighted by Gasteiger charge is 2.74. The van der Waals surface area contributed by atoms with Crippen molar-refractivity contribution in [2.24, 2.45) is 33.6 Å². The quantitative estimate of drug-likeness (QED) is 0.373. The van der Waals surface area contributed by atoms with E-state index in [-0.39, 0.29) is 41.6 Å². The molecule has 0 amide bonds. The first-order valence-electron chi connectivity index (χ1n) is 13.1. The van der Waals surface area contributed by atoms with Gasteiger partial charge in [-0.15, -0.1) is 23.2 Å². The first kappa shape index (κ1) is 26.7. The Morgan fingerprint density at radius 3 is 2.70 bits per heavy atom. The van der Waals surface area contributed by atoms with Gasteiger partial charge < -0.3 is 14.3 Å². The molecule has 1 aromatic rings. The van der Waals surface area contributed by atoms with Crippen LogP contribution < -0.4 is 0 Å². The summed E-state index contributed by atoms with van der Waals surface area (Å²) in [4.78, 5) is 29.5. The van der Waals surface area contributed by atoms with Crippen LogP contribution in [0.1, 0.15) is 63.4 Å². The van der Waals surface area contributed by atoms with E-state index in [0.29, 0.717) is 6.42 Å². The van der Waals surface area contributed by atoms with Gasteiger partial charge in [-0.1, -0.05) is 32.4 Å². The van der Waals surface area contributed by atoms with Gasteiger partial charge in [-0.05, 0) is 67.7 Å². The van der Waals surface area contributed by atoms with Gasteiger partial charge in [0.05, 0.1) is 28.8 Å². The maximum Gasteiger partial charge on any atom is 0.374 e. The molecule has 37 heavy (non-hydrogen) atoms. The predicted molar refractivity (Wildman–Crippen MR) is 143 cm³/mol. The largest absolute Gasteiger partial charge is 0.457 e. The number of esters is 1. The number of carbonyl (C=O) groups is 2. The number of aliphatic hydroxyl groups excluding tert-OH is 1. The van der Waals surface area contributed by atoms with Gasteiger partial charge in [0.25, 0.3) is 0 Å². The molecule has 0 bridgehead atoms. The minimum atomic E-state index is -1.14. The molecule has 6 nitrogen and oxygen atoms in total. The Kier molecular flexibility index (Phi) is 6.57. The topological polar surface area (TPSA) is 89.1 Å². The number of nitrogens with zero attached hydrogens (tertiary/aromatic N) is 1. The van der Waals surface area contributed by atoms with Crippen LogP contribution >= 0.6 is 23.2 Å². The molecule has 0 unspecified atom stereocenters. The fourth-order valence-corrected chi connectivity index (χ4v) is 8.96. The van der Waals surface area contributed by atoms with Crippen molar-refractivity contribution in [2.45, 2.75) is 69.5 Å². The SMILES string of the molecule is CN=C1C=C[C@@]2(C)C(=C1)CC[C@H]1[C@@H]3C[C@@H](C)[C@@](CC(=O)CCl)(OC(=O)c4ccco4)[C@@]3(C)C[C@H](O)[C@@]12Cl. The molecule has 1 heterocycles. The third-order valence-electron chi connectivity index (χ3n) is 10.3. The van der Waals surface area contributed by atoms with Gasteiger partial charge in [0.2, 0.25) is 5.76 Å². The van der Waals surface area contributed by atoms with Crippen molar-refractivity contribution in [2.75, 3.05) is 12.9 Å². The zero-order valence-corrected chi connectivity index (χ0v) is 23.3. The van der Waals surface area contributed by atoms with Gasteiger partial charge in [-0.2, -0.15) is 0 Å². The maximum absolute atomic E-state index is 13.2. The van der Waals surface area contributed by atoms with Crippen LogP contribution in [0.15, 0.2) is 51.6 Å². The molecule has 0 radical (unpaired) electrons. The highest BCUT2D eigenvalue weighted by atomic mass is 35.5. The number of aliphatic hydroxyl groups is 1. The van der Waals surface area contributed by atoms with Gasteiger partial charge in [0.1, 0.15) is 5.60 Å². The summed E-state index contributed by atoms with van der Waals surface area (Å²) in [6.45, 7) is 6.21. The molecule has 4 aliphatic carbocycles. The lowest BCUT2D eigenvalue weighted by molar-refractivity contribution is -0.171. The van der Waals surface area contributed by atoms with Crippen molar-refractivity contribution in [3.8, 4) is 0 Å². The molecule has 8 atom stereocenters. The van der Waals surface area contributed by atoms with Crippen LogP contribution in [0.25, 0.3) is 0 Å². The van der Waals surface area contributed by atoms with Crippen LogP contribution in [0.4, 0.5) is 0 Å². The van der Waals surface area contributed by atoms with Crippen molar-refractivity contribution in [1.82, 2.24) is 0 Å². The minimum Gasteiger partial charge on any atom is -0.457 e. The van der Waals surface area contributed by atoms with E-state index >= 15 is 0 Å². The molecule has 4 aliphatic rings. The molecule has 5 rings (SSSR count). The van der Waals surface area contributed by atoms with E-state index in [0.717, 1.165) is 25.0 Å². The van der Waals surface area contributed by atoms with Crippen LogP contribution in [-0.2, 0) is 9.53 Å². The molecule has 3 saturated carbocycles. The molecular weight excluding hydrogens is 513 g/mol. The van der Waals surface area contributed by atoms with E-state index in [4.69, 9.17) is 32.4 Å². The number of aliphatic imine (C=N–C) groups is 1. The van der Waals surface area contributed by atoms with Crippen molar-refractivity contribution >= 4 is 40.7 Å². The maximum atomic E-state index is 13.2. The fourth-order valence-electron chi connectivity index (χ4n) is 8.34. The molecular formula is C29H35Cl2NO5. The van der Waals surface area contributed by atoms with Gasteiger partial charge in [0.15, 0.2) is 5.78 Å². The molecule has 0 saturated heterocycles. The van der Waals surface area contributed by atoms with Crippen LogP contribution in [0, 0.1) is 28.6 Å². The number of halogens is 2. The number of rotatable bonds is 5. The van der Waals surface area contributed by atoms with Crippen LogP contribution in [0.3, 0.4) is 0 Å². The standard InChI is InChI=1S/C29H35Cl2NO5/c1-17-12-22-21-8-7-18-13-19(32-4)9-10-26(18,2)29(21,31)24(34)15-27(22,3)28(17,14-20(33)16-30)37-25(35)23-6-5-11-36-23/h5-6,9-11,13,17,21-22,24,34H,7-8,12,14-16H2,1-4H3/t17-,21+,22+,24+,26+,27+,28-,29+/m1/s1. The van der Waals surface area contributed by atoms with Gasteiger partial charge in [-0.3, -0.25) is 9.79 Å². The van der Waals surface area contributed by atoms with Crippen LogP contribution in [0.2, 0.25) is 0 Å². The van der Waals surface area contributed by atoms with Crippen molar-refractivity contribution in [3.63, 3.8) is 0 Å². The molecule has 0 spiro atoms. The molecule has 0 aromatic carbocycles. The molecule has 1 N–H and O–H groups in total. The second-order valence-corrected chi connectivity index (χ2v) is 12.6. The lowest BCUT2D eigenvalue weighted by atomic mass is 9.45. The Balaban J connectivity index is 1.59. The minimum absolute atomic E-state index is 0.00944. The van der Waals surface area contributed by atoms with Crippen molar-refractivity contribution < 1.29 is 23.8 Å². The second-order valence-electron chi connectivity index (χ2n) is 11.8. The lowest BCUT2D eigenvalue weighted by Gasteiger charge is -2.64. The Morgan fingerprint density at radius 1 is 1.30 bits per heavy atom. The normalized spacial score (nSPS) is 43.5. The molecule has 1 aromatic heterocycles. The Labute approximate surface area is 228 Å². The van der Waals surface area contributed by atoms with Gasteiger partial charge in [-0.25, -0.2) is 4.79 Å². The highest BCUT2D eigenvalue weighted by Crippen LogP contribution is 2.72. The summed E-state index contributed by atoms with van der Waals surface area (Å²) in [7, 11) is 1.77. The highest BCUT2D eigenvalue weighted by molar-refractivity contribution is 6.27. The van der Waals surface area contributed by atoms with E-state index < -0.39 is 33.4 Å². The van der Waals surface area contributed by atoms with Gasteiger partial charge in [0, 0.05) is 24.3 Å². The average molecular weight is 549 g/mol. The van der Waals surface area contributed by atoms with Crippen LogP contribution in [0.5, 0.6) is 0 Å². The number of alkyl halides is 2. The summed E-state index contributed by atoms with van der Waals surface area (Å²) in [5, 5.41) is 11.9. The summed E-state index contributed by atoms with van der Waals surface area (Å²) in [6.07, 6.45) is 9.38. The first-order valence-corrected chi connectivity index (χ1v) is 14.0. The Hall–Kier alpha value is -1.89. The summed E-state index contributed by atoms with van der Waals surface area (Å²) >= 11 is 13.6. The summed E-state index contributed by atoms with van der Waals surface area (Å²) < 4.78 is 11.6. The number of ether oxygens (including phenoxy) is 1. The monoisotopic (exact) mass is 547 g/mol. The van der Waals surface area contributed by atoms with Crippen LogP contribution in [-0.4, -0.2) is 52.1 Å². The number of hydrogen-bond donors (Lipinski definition) is 1. The van der Waals surface area contributed by atoms with E-state index in [2.05, 4.69) is 31.0 Å². The third kappa shape index (κ3) is 3.58. The van der Waals surface area contributed by atoms with E-state index in [1.807, 2.05) is 13.0 Å². The van der Waals surface area contributed by atoms with Crippen molar-refractivity contribution in [3.05, 3.63) is 48.0 Å². The number of carbonyl (C=O) groups excluding carboxylic acids is 2. The Morgan fingerprint density at radius 2 is 2.05 bits per heavy atom. The number of ketones is 1. The van der Waals surface area contributed by atoms with Crippen molar-refractivity contribution in [1.29, 1.82) is 0 Å². The Bertz CT molecular complexity index is 1190. The average Bonchev–Trinajstić information content (AvgIpc) is 3.47. The summed E-state index contributed by atoms with van der Waals surface area (Å²) in [5.41, 5.74) is -0.292. The van der Waals surface area contributed by atoms with E-state index in [1.54, 1.807) is 19.2 Å². The fraction of sp³-hybridized carbons (Fsp3) is 0.621. The number of hydrogen-bond acceptors (Lipinski definition) is 6. The van der Waals surface area contributed by atoms with E-state index in [1.165, 1.54) is 11.8 Å². The number of allylic oxidation sites excluding steroid dienone is 4. The lowest BCUT2D eigenvalue weighted by Crippen LogP contribution is -2.68. The molecule has 8 heteroatoms. The third-order valence-corrected chi connectivity index (χ3v) is 11.5. The number of Topliss-reactive ketones (excluding diaryl/α,β-unsaturated/α-hetero) is 1. The number of furan rings is 1. The molecule has 3 fully saturated rings. The summed E-state index contributed by atoms with van der Waals surface area (Å²) in [5.74, 6) is -1.05. The zero-order valence-electron chi connectivity index (χ0n) is 21.8. The van der Waals surface area contributed by atoms with Gasteiger partial charge >= 0.3 is 5.97 Å². The molecule has 0 aliphatic heterocycles.